The number of hydrogen-bond acceptors (Lipinski definition) is 2. The van der Waals surface area contributed by atoms with Gasteiger partial charge in [0, 0.05) is 17.8 Å². The van der Waals surface area contributed by atoms with Crippen molar-refractivity contribution in [3.63, 3.8) is 0 Å². The van der Waals surface area contributed by atoms with E-state index in [0.717, 1.165) is 35.9 Å². The van der Waals surface area contributed by atoms with Crippen LogP contribution in [0.1, 0.15) is 24.6 Å². The summed E-state index contributed by atoms with van der Waals surface area (Å²) < 4.78 is 1.94. The molecule has 0 radical (unpaired) electrons. The maximum atomic E-state index is 6.32. The third-order valence-corrected chi connectivity index (χ3v) is 3.56. The minimum absolute atomic E-state index is 0.666. The fourth-order valence-corrected chi connectivity index (χ4v) is 2.33. The largest absolute Gasteiger partial charge is 0.355 e. The van der Waals surface area contributed by atoms with Crippen molar-refractivity contribution in [1.82, 2.24) is 9.55 Å². The summed E-state index contributed by atoms with van der Waals surface area (Å²) in [7, 11) is 0. The van der Waals surface area contributed by atoms with Crippen LogP contribution in [0.4, 0.5) is 5.95 Å². The Kier molecular flexibility index (Phi) is 4.38. The quantitative estimate of drug-likeness (QED) is 0.892. The normalized spacial score (nSPS) is 10.8. The van der Waals surface area contributed by atoms with Crippen LogP contribution in [-0.4, -0.2) is 16.1 Å². The zero-order valence-electron chi connectivity index (χ0n) is 11.3. The second-order valence-electron chi connectivity index (χ2n) is 4.56. The molecule has 0 atom stereocenters. The molecule has 19 heavy (non-hydrogen) atoms. The van der Waals surface area contributed by atoms with Crippen molar-refractivity contribution in [2.24, 2.45) is 0 Å². The first-order valence-electron chi connectivity index (χ1n) is 6.28. The van der Waals surface area contributed by atoms with E-state index >= 15 is 0 Å². The lowest BCUT2D eigenvalue weighted by Crippen LogP contribution is -2.07. The highest BCUT2D eigenvalue weighted by Crippen LogP contribution is 2.29. The van der Waals surface area contributed by atoms with E-state index in [0.29, 0.717) is 10.0 Å². The molecule has 0 unspecified atom stereocenters. The zero-order chi connectivity index (χ0) is 14.0. The third-order valence-electron chi connectivity index (χ3n) is 2.85. The van der Waals surface area contributed by atoms with E-state index < -0.39 is 0 Å². The zero-order valence-corrected chi connectivity index (χ0v) is 12.8. The molecule has 3 nitrogen and oxygen atoms in total. The molecule has 2 rings (SSSR count). The minimum atomic E-state index is 0.666. The van der Waals surface area contributed by atoms with Crippen molar-refractivity contribution >= 4 is 29.2 Å². The molecule has 1 aromatic carbocycles. The molecule has 0 saturated carbocycles. The lowest BCUT2D eigenvalue weighted by Gasteiger charge is -2.12. The number of nitrogens with one attached hydrogen (secondary N) is 1. The van der Waals surface area contributed by atoms with Crippen LogP contribution < -0.4 is 5.32 Å². The van der Waals surface area contributed by atoms with Gasteiger partial charge in [-0.25, -0.2) is 4.98 Å². The molecule has 0 bridgehead atoms. The molecular weight excluding hydrogens is 281 g/mol. The van der Waals surface area contributed by atoms with Gasteiger partial charge in [-0.2, -0.15) is 0 Å². The summed E-state index contributed by atoms with van der Waals surface area (Å²) >= 11 is 12.5. The first-order valence-corrected chi connectivity index (χ1v) is 7.04. The molecule has 0 spiro atoms. The second-order valence-corrected chi connectivity index (χ2v) is 5.37. The lowest BCUT2D eigenvalue weighted by molar-refractivity contribution is 0.936. The van der Waals surface area contributed by atoms with Gasteiger partial charge in [-0.3, -0.25) is 4.57 Å². The van der Waals surface area contributed by atoms with Crippen LogP contribution in [0.5, 0.6) is 0 Å². The summed E-state index contributed by atoms with van der Waals surface area (Å²) in [5.74, 6) is 0.793. The van der Waals surface area contributed by atoms with E-state index in [9.17, 15) is 0 Å². The summed E-state index contributed by atoms with van der Waals surface area (Å²) in [4.78, 5) is 4.47. The maximum absolute atomic E-state index is 6.32. The van der Waals surface area contributed by atoms with Crippen LogP contribution in [0.15, 0.2) is 18.3 Å². The molecule has 1 aromatic heterocycles. The number of aromatic nitrogens is 2. The average Bonchev–Trinajstić information content (AvgIpc) is 2.72. The first kappa shape index (κ1) is 14.2. The van der Waals surface area contributed by atoms with Gasteiger partial charge >= 0.3 is 0 Å². The molecule has 0 saturated heterocycles. The van der Waals surface area contributed by atoms with Crippen LogP contribution >= 0.6 is 23.2 Å². The maximum Gasteiger partial charge on any atom is 0.207 e. The number of hydrogen-bond donors (Lipinski definition) is 1. The Morgan fingerprint density at radius 3 is 2.63 bits per heavy atom. The minimum Gasteiger partial charge on any atom is -0.355 e. The smallest absolute Gasteiger partial charge is 0.207 e. The van der Waals surface area contributed by atoms with Gasteiger partial charge in [0.05, 0.1) is 16.4 Å². The van der Waals surface area contributed by atoms with E-state index in [1.165, 1.54) is 0 Å². The van der Waals surface area contributed by atoms with Gasteiger partial charge in [0.25, 0.3) is 0 Å². The molecule has 0 amide bonds. The molecule has 0 aliphatic heterocycles. The van der Waals surface area contributed by atoms with Gasteiger partial charge in [0.1, 0.15) is 0 Å². The monoisotopic (exact) mass is 297 g/mol. The van der Waals surface area contributed by atoms with Gasteiger partial charge in [-0.15, -0.1) is 0 Å². The van der Waals surface area contributed by atoms with Crippen molar-refractivity contribution in [2.75, 3.05) is 11.9 Å². The number of halogens is 2. The van der Waals surface area contributed by atoms with Gasteiger partial charge in [-0.05, 0) is 38.0 Å². The van der Waals surface area contributed by atoms with Crippen molar-refractivity contribution in [1.29, 1.82) is 0 Å². The highest BCUT2D eigenvalue weighted by Gasteiger charge is 2.12. The molecular formula is C14H17Cl2N3. The van der Waals surface area contributed by atoms with E-state index in [1.54, 1.807) is 0 Å². The van der Waals surface area contributed by atoms with Gasteiger partial charge in [0.15, 0.2) is 0 Å². The molecule has 2 aromatic rings. The fourth-order valence-electron chi connectivity index (χ4n) is 1.86. The predicted octanol–water partition coefficient (Wildman–Crippen LogP) is 4.62. The van der Waals surface area contributed by atoms with Gasteiger partial charge in [-0.1, -0.05) is 30.1 Å². The van der Waals surface area contributed by atoms with Gasteiger partial charge in [0.2, 0.25) is 5.95 Å². The Morgan fingerprint density at radius 2 is 1.95 bits per heavy atom. The van der Waals surface area contributed by atoms with E-state index in [4.69, 9.17) is 23.2 Å². The fraction of sp³-hybridized carbons (Fsp3) is 0.357. The molecule has 1 N–H and O–H groups in total. The summed E-state index contributed by atoms with van der Waals surface area (Å²) in [6.45, 7) is 6.88. The SMILES string of the molecule is CCCNc1nc(C)cn1-c1cc(Cl)c(C)cc1Cl. The van der Waals surface area contributed by atoms with Crippen LogP contribution in [-0.2, 0) is 0 Å². The Bertz CT molecular complexity index is 591. The van der Waals surface area contributed by atoms with Crippen LogP contribution in [0.3, 0.4) is 0 Å². The van der Waals surface area contributed by atoms with E-state index in [-0.39, 0.29) is 0 Å². The number of imidazole rings is 1. The molecule has 1 heterocycles. The molecule has 0 aliphatic rings. The average molecular weight is 298 g/mol. The molecule has 0 fully saturated rings. The second kappa shape index (κ2) is 5.85. The standard InChI is InChI=1S/C14H17Cl2N3/c1-4-5-17-14-18-10(3)8-19(14)13-7-11(15)9(2)6-12(13)16/h6-8H,4-5H2,1-3H3,(H,17,18). The third kappa shape index (κ3) is 3.04. The lowest BCUT2D eigenvalue weighted by atomic mass is 10.2. The number of anilines is 1. The van der Waals surface area contributed by atoms with Crippen molar-refractivity contribution < 1.29 is 0 Å². The molecule has 5 heteroatoms. The molecule has 102 valence electrons. The van der Waals surface area contributed by atoms with E-state index in [1.807, 2.05) is 36.7 Å². The molecule has 0 aliphatic carbocycles. The predicted molar refractivity (Wildman–Crippen MR) is 81.8 cm³/mol. The van der Waals surface area contributed by atoms with E-state index in [2.05, 4.69) is 17.2 Å². The van der Waals surface area contributed by atoms with Crippen molar-refractivity contribution in [3.05, 3.63) is 39.6 Å². The summed E-state index contributed by atoms with van der Waals surface area (Å²) in [5.41, 5.74) is 2.75. The number of benzene rings is 1. The van der Waals surface area contributed by atoms with Crippen LogP contribution in [0.25, 0.3) is 5.69 Å². The Labute approximate surface area is 123 Å². The first-order chi connectivity index (χ1) is 9.02. The summed E-state index contributed by atoms with van der Waals surface area (Å²) in [6.07, 6.45) is 2.99. The summed E-state index contributed by atoms with van der Waals surface area (Å²) in [6, 6.07) is 3.75. The number of nitrogens with zero attached hydrogens (tertiary/aromatic N) is 2. The number of rotatable bonds is 4. The van der Waals surface area contributed by atoms with Crippen LogP contribution in [0, 0.1) is 13.8 Å². The topological polar surface area (TPSA) is 29.9 Å². The highest BCUT2D eigenvalue weighted by molar-refractivity contribution is 6.35. The number of aryl methyl sites for hydroxylation is 2. The van der Waals surface area contributed by atoms with Crippen molar-refractivity contribution in [3.8, 4) is 5.69 Å². The Morgan fingerprint density at radius 1 is 1.21 bits per heavy atom. The van der Waals surface area contributed by atoms with Crippen molar-refractivity contribution in [2.45, 2.75) is 27.2 Å². The Balaban J connectivity index is 2.49. The highest BCUT2D eigenvalue weighted by atomic mass is 35.5. The van der Waals surface area contributed by atoms with Crippen LogP contribution in [0.2, 0.25) is 10.0 Å². The Hall–Kier alpha value is -1.19. The summed E-state index contributed by atoms with van der Waals surface area (Å²) in [5, 5.41) is 4.66. The van der Waals surface area contributed by atoms with Gasteiger partial charge < -0.3 is 5.32 Å².